The molecule has 19 heavy (non-hydrogen) atoms. The van der Waals surface area contributed by atoms with Crippen LogP contribution in [-0.2, 0) is 9.45 Å². The Morgan fingerprint density at radius 1 is 1.05 bits per heavy atom. The third-order valence-electron chi connectivity index (χ3n) is 2.10. The molecule has 0 aliphatic heterocycles. The largest absolute Gasteiger partial charge is 0.634 e. The normalized spacial score (nSPS) is 18.7. The van der Waals surface area contributed by atoms with Gasteiger partial charge in [0.15, 0.2) is 6.10 Å². The fourth-order valence-corrected chi connectivity index (χ4v) is 1.13. The summed E-state index contributed by atoms with van der Waals surface area (Å²) in [6.07, 6.45) is -10.6. The van der Waals surface area contributed by atoms with Gasteiger partial charge in [0.25, 0.3) is 0 Å². The molecule has 0 rings (SSSR count). The quantitative estimate of drug-likeness (QED) is 0.200. The Bertz CT molecular complexity index is 266. The van der Waals surface area contributed by atoms with Gasteiger partial charge in [0, 0.05) is 29.6 Å². The molecule has 0 fully saturated rings. The molecule has 0 spiro atoms. The molecule has 0 heterocycles. The molecule has 0 bridgehead atoms. The maximum Gasteiger partial charge on any atom is 0.634 e. The molecule has 5 atom stereocenters. The van der Waals surface area contributed by atoms with E-state index in [4.69, 9.17) is 25.4 Å². The summed E-state index contributed by atoms with van der Waals surface area (Å²) in [6, 6.07) is 0. The molecule has 0 aromatic carbocycles. The van der Waals surface area contributed by atoms with Crippen molar-refractivity contribution in [2.45, 2.75) is 30.5 Å². The maximum atomic E-state index is 10.6. The number of carbonyl (C=O) groups is 1. The first-order valence-electron chi connectivity index (χ1n) is 4.79. The first-order valence-corrected chi connectivity index (χ1v) is 4.79. The Labute approximate surface area is 130 Å². The van der Waals surface area contributed by atoms with E-state index in [0.717, 1.165) is 0 Å². The van der Waals surface area contributed by atoms with E-state index in [9.17, 15) is 20.1 Å². The van der Waals surface area contributed by atoms with Crippen LogP contribution in [0.2, 0.25) is 0 Å². The molecule has 0 aromatic rings. The van der Waals surface area contributed by atoms with Gasteiger partial charge in [-0.15, -0.1) is 0 Å². The zero-order valence-corrected chi connectivity index (χ0v) is 12.1. The molecule has 0 amide bonds. The number of aliphatic carboxylic acids is 1. The van der Waals surface area contributed by atoms with Gasteiger partial charge in [-0.05, 0) is 0 Å². The van der Waals surface area contributed by atoms with Crippen LogP contribution in [0, 0.1) is 0 Å². The Balaban J connectivity index is 0. The smallest absolute Gasteiger partial charge is 0.479 e. The van der Waals surface area contributed by atoms with Gasteiger partial charge in [0.2, 0.25) is 0 Å². The van der Waals surface area contributed by atoms with Crippen molar-refractivity contribution >= 4 is 42.8 Å². The first-order chi connectivity index (χ1) is 8.22. The minimum absolute atomic E-state index is 0. The summed E-state index contributed by atoms with van der Waals surface area (Å²) in [5.74, 6) is -1.83. The van der Waals surface area contributed by atoms with Crippen molar-refractivity contribution in [2.24, 2.45) is 0 Å². The Morgan fingerprint density at radius 3 is 1.84 bits per heavy atom. The van der Waals surface area contributed by atoms with Crippen LogP contribution < -0.4 is 0 Å². The molecule has 0 aliphatic carbocycles. The van der Waals surface area contributed by atoms with Crippen LogP contribution >= 0.6 is 0 Å². The van der Waals surface area contributed by atoms with E-state index in [1.807, 2.05) is 0 Å². The summed E-state index contributed by atoms with van der Waals surface area (Å²) in [6.45, 7) is -0.938. The van der Waals surface area contributed by atoms with Crippen LogP contribution in [0.5, 0.6) is 0 Å². The topological polar surface area (TPSA) is 188 Å². The van der Waals surface area contributed by atoms with Crippen LogP contribution in [0.25, 0.3) is 0 Å². The Hall–Kier alpha value is 0.215. The van der Waals surface area contributed by atoms with E-state index in [1.165, 1.54) is 0 Å². The monoisotopic (exact) mass is 293 g/mol. The molecular weight excluding hydrogens is 278 g/mol. The molecule has 10 nitrogen and oxygen atoms in total. The summed E-state index contributed by atoms with van der Waals surface area (Å²) in [5, 5.41) is 70.9. The van der Waals surface area contributed by atoms with Gasteiger partial charge in [-0.25, -0.2) is 4.79 Å². The molecule has 107 valence electrons. The zero-order valence-electron chi connectivity index (χ0n) is 10.1. The summed E-state index contributed by atoms with van der Waals surface area (Å²) in [7, 11) is -2.52. The van der Waals surface area contributed by atoms with E-state index >= 15 is 0 Å². The molecule has 1 radical (unpaired) electrons. The van der Waals surface area contributed by atoms with Gasteiger partial charge >= 0.3 is 13.3 Å². The second kappa shape index (κ2) is 10.0. The molecule has 12 heteroatoms. The van der Waals surface area contributed by atoms with E-state index in [-0.39, 0.29) is 29.6 Å². The summed E-state index contributed by atoms with van der Waals surface area (Å²) in [4.78, 5) is 10.6. The summed E-state index contributed by atoms with van der Waals surface area (Å²) >= 11 is 0. The third kappa shape index (κ3) is 6.97. The molecule has 8 N–H and O–H groups in total. The predicted molar refractivity (Wildman–Crippen MR) is 59.6 cm³/mol. The van der Waals surface area contributed by atoms with Gasteiger partial charge in [-0.2, -0.15) is 0 Å². The average Bonchev–Trinajstić information content (AvgIpc) is 2.31. The number of aliphatic hydroxyl groups excluding tert-OH is 5. The minimum atomic E-state index is -2.52. The van der Waals surface area contributed by atoms with Crippen molar-refractivity contribution in [3.8, 4) is 0 Å². The van der Waals surface area contributed by atoms with Gasteiger partial charge < -0.3 is 45.3 Å². The predicted octanol–water partition coefficient (Wildman–Crippen LogP) is -5.52. The Kier molecular flexibility index (Phi) is 11.3. The van der Waals surface area contributed by atoms with Gasteiger partial charge in [0.1, 0.15) is 24.4 Å². The van der Waals surface area contributed by atoms with Crippen molar-refractivity contribution in [3.63, 3.8) is 0 Å². The van der Waals surface area contributed by atoms with Gasteiger partial charge in [-0.3, -0.25) is 0 Å². The van der Waals surface area contributed by atoms with Crippen LogP contribution in [0.15, 0.2) is 0 Å². The summed E-state index contributed by atoms with van der Waals surface area (Å²) < 4.78 is 4.00. The van der Waals surface area contributed by atoms with Crippen molar-refractivity contribution in [1.82, 2.24) is 0 Å². The van der Waals surface area contributed by atoms with Gasteiger partial charge in [0.05, 0.1) is 6.61 Å². The second-order valence-corrected chi connectivity index (χ2v) is 3.44. The summed E-state index contributed by atoms with van der Waals surface area (Å²) in [5.41, 5.74) is 0. The van der Waals surface area contributed by atoms with Crippen LogP contribution in [0.4, 0.5) is 0 Å². The molecular formula is C7H15BNaO10. The fraction of sp³-hybridized carbons (Fsp3) is 0.857. The molecule has 0 saturated carbocycles. The number of carboxylic acids is 1. The van der Waals surface area contributed by atoms with Crippen LogP contribution in [0.1, 0.15) is 0 Å². The van der Waals surface area contributed by atoms with E-state index < -0.39 is 50.4 Å². The number of rotatable bonds is 8. The fourth-order valence-electron chi connectivity index (χ4n) is 1.13. The third-order valence-corrected chi connectivity index (χ3v) is 2.10. The SMILES string of the molecule is O=C(O)C(OB(O)O)[C@H](O)[C@@H](O)[C@H](O)[C@H](O)CO.[Na]. The number of carboxylic acid groups (broad SMARTS) is 1. The number of aliphatic hydroxyl groups is 5. The van der Waals surface area contributed by atoms with E-state index in [0.29, 0.717) is 0 Å². The molecule has 1 unspecified atom stereocenters. The van der Waals surface area contributed by atoms with Gasteiger partial charge in [-0.1, -0.05) is 0 Å². The van der Waals surface area contributed by atoms with Crippen molar-refractivity contribution in [2.75, 3.05) is 6.61 Å². The van der Waals surface area contributed by atoms with E-state index in [2.05, 4.69) is 4.65 Å². The zero-order chi connectivity index (χ0) is 14.5. The minimum Gasteiger partial charge on any atom is -0.479 e. The maximum absolute atomic E-state index is 10.6. The van der Waals surface area contributed by atoms with Crippen molar-refractivity contribution in [1.29, 1.82) is 0 Å². The van der Waals surface area contributed by atoms with Crippen LogP contribution in [0.3, 0.4) is 0 Å². The van der Waals surface area contributed by atoms with Crippen molar-refractivity contribution < 1.29 is 50.1 Å². The molecule has 0 aromatic heterocycles. The van der Waals surface area contributed by atoms with Crippen molar-refractivity contribution in [3.05, 3.63) is 0 Å². The second-order valence-electron chi connectivity index (χ2n) is 3.44. The molecule has 0 aliphatic rings. The average molecular weight is 293 g/mol. The molecule has 0 saturated heterocycles. The number of hydrogen-bond acceptors (Lipinski definition) is 9. The van der Waals surface area contributed by atoms with E-state index in [1.54, 1.807) is 0 Å². The first kappa shape index (κ1) is 21.5. The number of hydrogen-bond donors (Lipinski definition) is 8. The standard InChI is InChI=1S/C7H15BO10.Na/c9-1-2(10)3(11)4(12)5(13)6(7(14)15)18-8(16)17;/h2-6,9-13,16-17H,1H2,(H,14,15);/t2-,3-,4+,5-,6?;/m1./s1. The van der Waals surface area contributed by atoms with Crippen LogP contribution in [-0.4, -0.2) is 121 Å². The Morgan fingerprint density at radius 2 is 1.53 bits per heavy atom.